The van der Waals surface area contributed by atoms with Gasteiger partial charge in [-0.2, -0.15) is 0 Å². The van der Waals surface area contributed by atoms with E-state index in [0.717, 1.165) is 28.6 Å². The van der Waals surface area contributed by atoms with Gasteiger partial charge in [-0.25, -0.2) is 15.0 Å². The first kappa shape index (κ1) is 15.3. The van der Waals surface area contributed by atoms with Crippen molar-refractivity contribution in [1.29, 1.82) is 0 Å². The second kappa shape index (κ2) is 5.92. The summed E-state index contributed by atoms with van der Waals surface area (Å²) < 4.78 is 0. The van der Waals surface area contributed by atoms with Gasteiger partial charge in [0, 0.05) is 11.1 Å². The second-order valence-electron chi connectivity index (χ2n) is 6.17. The zero-order valence-electron chi connectivity index (χ0n) is 14.3. The van der Waals surface area contributed by atoms with Gasteiger partial charge in [0.05, 0.1) is 0 Å². The maximum Gasteiger partial charge on any atom is 0.163 e. The average Bonchev–Trinajstić information content (AvgIpc) is 2.46. The molecule has 0 spiro atoms. The molecule has 1 heterocycles. The van der Waals surface area contributed by atoms with Gasteiger partial charge in [0.2, 0.25) is 0 Å². The van der Waals surface area contributed by atoms with E-state index < -0.39 is 0 Å². The first-order chi connectivity index (χ1) is 10.9. The molecule has 0 saturated carbocycles. The highest BCUT2D eigenvalue weighted by Crippen LogP contribution is 2.25. The van der Waals surface area contributed by atoms with Gasteiger partial charge in [-0.3, -0.25) is 0 Å². The summed E-state index contributed by atoms with van der Waals surface area (Å²) in [5, 5.41) is 0. The van der Waals surface area contributed by atoms with Crippen molar-refractivity contribution in [1.82, 2.24) is 15.0 Å². The molecule has 23 heavy (non-hydrogen) atoms. The number of benzene rings is 2. The first-order valence-corrected chi connectivity index (χ1v) is 7.82. The van der Waals surface area contributed by atoms with E-state index in [2.05, 4.69) is 74.1 Å². The summed E-state index contributed by atoms with van der Waals surface area (Å²) in [4.78, 5) is 13.8. The molecule has 1 aromatic heterocycles. The predicted octanol–water partition coefficient (Wildman–Crippen LogP) is 4.75. The normalized spacial score (nSPS) is 10.8. The Morgan fingerprint density at radius 2 is 1.00 bits per heavy atom. The maximum absolute atomic E-state index is 4.73. The van der Waals surface area contributed by atoms with E-state index in [1.165, 1.54) is 22.3 Å². The molecule has 2 aromatic carbocycles. The van der Waals surface area contributed by atoms with E-state index in [9.17, 15) is 0 Å². The largest absolute Gasteiger partial charge is 0.213 e. The third kappa shape index (κ3) is 3.14. The van der Waals surface area contributed by atoms with Gasteiger partial charge in [0.1, 0.15) is 5.82 Å². The highest BCUT2D eigenvalue weighted by molar-refractivity contribution is 5.66. The third-order valence-corrected chi connectivity index (χ3v) is 3.99. The predicted molar refractivity (Wildman–Crippen MR) is 94.4 cm³/mol. The van der Waals surface area contributed by atoms with Crippen molar-refractivity contribution in [3.63, 3.8) is 0 Å². The molecule has 116 valence electrons. The minimum atomic E-state index is 0.741. The number of aryl methyl sites for hydroxylation is 5. The molecule has 0 radical (unpaired) electrons. The molecule has 0 N–H and O–H groups in total. The van der Waals surface area contributed by atoms with Crippen LogP contribution in [0.4, 0.5) is 0 Å². The van der Waals surface area contributed by atoms with Crippen LogP contribution in [-0.2, 0) is 0 Å². The van der Waals surface area contributed by atoms with E-state index in [-0.39, 0.29) is 0 Å². The molecule has 0 aliphatic heterocycles. The monoisotopic (exact) mass is 303 g/mol. The number of nitrogens with zero attached hydrogens (tertiary/aromatic N) is 3. The molecule has 3 heteroatoms. The second-order valence-corrected chi connectivity index (χ2v) is 6.17. The van der Waals surface area contributed by atoms with Crippen LogP contribution in [0.1, 0.15) is 28.1 Å². The van der Waals surface area contributed by atoms with Crippen molar-refractivity contribution in [2.45, 2.75) is 34.6 Å². The summed E-state index contributed by atoms with van der Waals surface area (Å²) in [6.07, 6.45) is 0. The molecule has 3 aromatic rings. The van der Waals surface area contributed by atoms with E-state index >= 15 is 0 Å². The van der Waals surface area contributed by atoms with Gasteiger partial charge in [-0.15, -0.1) is 0 Å². The zero-order valence-corrected chi connectivity index (χ0v) is 14.3. The minimum Gasteiger partial charge on any atom is -0.213 e. The number of rotatable bonds is 2. The maximum atomic E-state index is 4.73. The van der Waals surface area contributed by atoms with Gasteiger partial charge in [-0.1, -0.05) is 47.5 Å². The molecule has 3 rings (SSSR count). The summed E-state index contributed by atoms with van der Waals surface area (Å²) in [5.41, 5.74) is 6.97. The summed E-state index contributed by atoms with van der Waals surface area (Å²) in [7, 11) is 0. The van der Waals surface area contributed by atoms with Crippen molar-refractivity contribution in [2.75, 3.05) is 0 Å². The molecule has 3 nitrogen and oxygen atoms in total. The van der Waals surface area contributed by atoms with E-state index in [1.54, 1.807) is 0 Å². The van der Waals surface area contributed by atoms with E-state index in [4.69, 9.17) is 4.98 Å². The molecule has 0 aliphatic rings. The van der Waals surface area contributed by atoms with Crippen LogP contribution in [0.2, 0.25) is 0 Å². The molecule has 0 fully saturated rings. The Morgan fingerprint density at radius 1 is 0.565 bits per heavy atom. The molecule has 0 bridgehead atoms. The molecule has 0 amide bonds. The van der Waals surface area contributed by atoms with Gasteiger partial charge in [0.25, 0.3) is 0 Å². The highest BCUT2D eigenvalue weighted by atomic mass is 15.0. The van der Waals surface area contributed by atoms with Crippen molar-refractivity contribution in [3.05, 3.63) is 64.5 Å². The molecular formula is C20H21N3. The average molecular weight is 303 g/mol. The quantitative estimate of drug-likeness (QED) is 0.686. The van der Waals surface area contributed by atoms with Crippen molar-refractivity contribution < 1.29 is 0 Å². The Kier molecular flexibility index (Phi) is 3.95. The number of hydrogen-bond donors (Lipinski definition) is 0. The Hall–Kier alpha value is -2.55. The summed E-state index contributed by atoms with van der Waals surface area (Å²) in [5.74, 6) is 2.22. The lowest BCUT2D eigenvalue weighted by molar-refractivity contribution is 0.988. The minimum absolute atomic E-state index is 0.741. The fourth-order valence-corrected chi connectivity index (χ4v) is 2.85. The van der Waals surface area contributed by atoms with Crippen molar-refractivity contribution in [2.24, 2.45) is 0 Å². The molecule has 0 atom stereocenters. The number of hydrogen-bond acceptors (Lipinski definition) is 3. The fraction of sp³-hybridized carbons (Fsp3) is 0.250. The molecule has 0 saturated heterocycles. The van der Waals surface area contributed by atoms with Crippen LogP contribution in [0.5, 0.6) is 0 Å². The Labute approximate surface area is 137 Å². The summed E-state index contributed by atoms with van der Waals surface area (Å²) >= 11 is 0. The van der Waals surface area contributed by atoms with Crippen LogP contribution in [0.3, 0.4) is 0 Å². The van der Waals surface area contributed by atoms with Crippen LogP contribution in [0.25, 0.3) is 22.8 Å². The Morgan fingerprint density at radius 3 is 1.39 bits per heavy atom. The van der Waals surface area contributed by atoms with E-state index in [1.807, 2.05) is 6.92 Å². The van der Waals surface area contributed by atoms with Crippen LogP contribution in [0, 0.1) is 34.6 Å². The van der Waals surface area contributed by atoms with Crippen LogP contribution >= 0.6 is 0 Å². The zero-order chi connectivity index (χ0) is 16.6. The lowest BCUT2D eigenvalue weighted by atomic mass is 10.0. The molecule has 0 unspecified atom stereocenters. The summed E-state index contributed by atoms with van der Waals surface area (Å²) in [6, 6.07) is 12.7. The van der Waals surface area contributed by atoms with Crippen LogP contribution < -0.4 is 0 Å². The Balaban J connectivity index is 2.16. The summed E-state index contributed by atoms with van der Waals surface area (Å²) in [6.45, 7) is 10.3. The third-order valence-electron chi connectivity index (χ3n) is 3.99. The van der Waals surface area contributed by atoms with Gasteiger partial charge >= 0.3 is 0 Å². The standard InChI is InChI=1S/C20H21N3/c1-12-6-8-17(14(3)10-12)19-21-16(5)22-20(23-19)18-9-7-13(2)11-15(18)4/h6-11H,1-5H3. The smallest absolute Gasteiger partial charge is 0.163 e. The molecular weight excluding hydrogens is 282 g/mol. The fourth-order valence-electron chi connectivity index (χ4n) is 2.85. The SMILES string of the molecule is Cc1ccc(-c2nc(C)nc(-c3ccc(C)cc3C)n2)c(C)c1. The van der Waals surface area contributed by atoms with Crippen molar-refractivity contribution >= 4 is 0 Å². The van der Waals surface area contributed by atoms with Gasteiger partial charge in [0.15, 0.2) is 11.6 Å². The number of aromatic nitrogens is 3. The van der Waals surface area contributed by atoms with Crippen LogP contribution in [0.15, 0.2) is 36.4 Å². The highest BCUT2D eigenvalue weighted by Gasteiger charge is 2.12. The molecule has 0 aliphatic carbocycles. The van der Waals surface area contributed by atoms with E-state index in [0.29, 0.717) is 0 Å². The lowest BCUT2D eigenvalue weighted by Gasteiger charge is -2.10. The lowest BCUT2D eigenvalue weighted by Crippen LogP contribution is -2.01. The Bertz CT molecular complexity index is 812. The van der Waals surface area contributed by atoms with Crippen molar-refractivity contribution in [3.8, 4) is 22.8 Å². The van der Waals surface area contributed by atoms with Gasteiger partial charge in [-0.05, 0) is 45.7 Å². The first-order valence-electron chi connectivity index (χ1n) is 7.82. The van der Waals surface area contributed by atoms with Crippen LogP contribution in [-0.4, -0.2) is 15.0 Å². The van der Waals surface area contributed by atoms with Gasteiger partial charge < -0.3 is 0 Å². The topological polar surface area (TPSA) is 38.7 Å².